The van der Waals surface area contributed by atoms with Gasteiger partial charge in [0.25, 0.3) is 0 Å². The van der Waals surface area contributed by atoms with Crippen LogP contribution in [0.5, 0.6) is 0 Å². The van der Waals surface area contributed by atoms with Gasteiger partial charge in [0.1, 0.15) is 5.15 Å². The highest BCUT2D eigenvalue weighted by atomic mass is 35.5. The Morgan fingerprint density at radius 3 is 2.43 bits per heavy atom. The van der Waals surface area contributed by atoms with E-state index in [-0.39, 0.29) is 30.6 Å². The molecule has 120 valence electrons. The van der Waals surface area contributed by atoms with E-state index in [1.807, 2.05) is 6.92 Å². The van der Waals surface area contributed by atoms with Crippen LogP contribution in [0.4, 0.5) is 0 Å². The van der Waals surface area contributed by atoms with Crippen molar-refractivity contribution in [2.24, 2.45) is 18.4 Å². The van der Waals surface area contributed by atoms with Gasteiger partial charge in [0.05, 0.1) is 30.4 Å². The van der Waals surface area contributed by atoms with Gasteiger partial charge in [-0.25, -0.2) is 8.42 Å². The molecule has 0 radical (unpaired) electrons. The van der Waals surface area contributed by atoms with Crippen LogP contribution in [0.2, 0.25) is 5.15 Å². The molecule has 0 aromatic carbocycles. The monoisotopic (exact) mass is 336 g/mol. The van der Waals surface area contributed by atoms with Crippen LogP contribution in [-0.2, 0) is 23.3 Å². The van der Waals surface area contributed by atoms with Crippen molar-refractivity contribution in [3.63, 3.8) is 0 Å². The van der Waals surface area contributed by atoms with Crippen LogP contribution < -0.4 is 0 Å². The van der Waals surface area contributed by atoms with Crippen molar-refractivity contribution in [2.45, 2.75) is 19.8 Å². The molecule has 2 heterocycles. The molecule has 0 aliphatic carbocycles. The summed E-state index contributed by atoms with van der Waals surface area (Å²) in [6.07, 6.45) is 0.777. The van der Waals surface area contributed by atoms with E-state index in [4.69, 9.17) is 11.6 Å². The predicted molar refractivity (Wildman–Crippen MR) is 80.0 cm³/mol. The Labute approximate surface area is 129 Å². The van der Waals surface area contributed by atoms with E-state index in [0.717, 1.165) is 11.3 Å². The summed E-state index contributed by atoms with van der Waals surface area (Å²) in [6, 6.07) is 0. The van der Waals surface area contributed by atoms with Crippen LogP contribution in [0.1, 0.15) is 17.7 Å². The average Bonchev–Trinajstić information content (AvgIpc) is 2.90. The topological polar surface area (TPSA) is 92.4 Å². The molecular weight excluding hydrogens is 316 g/mol. The first-order valence-corrected chi connectivity index (χ1v) is 9.05. The maximum atomic E-state index is 11.7. The fourth-order valence-electron chi connectivity index (χ4n) is 3.07. The van der Waals surface area contributed by atoms with Gasteiger partial charge in [0, 0.05) is 18.0 Å². The molecule has 1 fully saturated rings. The summed E-state index contributed by atoms with van der Waals surface area (Å²) in [4.78, 5) is 0. The molecule has 2 rings (SSSR count). The SMILES string of the molecule is Cc1nn(C)c(Cl)c1CC(CO)(CO)C1CCS(=O)(=O)C1. The minimum atomic E-state index is -3.08. The number of aromatic nitrogens is 2. The number of aliphatic hydroxyl groups excluding tert-OH is 2. The van der Waals surface area contributed by atoms with E-state index in [1.165, 1.54) is 4.68 Å². The first-order chi connectivity index (χ1) is 9.74. The third-order valence-electron chi connectivity index (χ3n) is 4.53. The largest absolute Gasteiger partial charge is 0.396 e. The third kappa shape index (κ3) is 3.11. The molecule has 1 saturated heterocycles. The second-order valence-corrected chi connectivity index (χ2v) is 8.52. The van der Waals surface area contributed by atoms with Crippen molar-refractivity contribution < 1.29 is 18.6 Å². The number of halogens is 1. The zero-order chi connectivity index (χ0) is 15.8. The van der Waals surface area contributed by atoms with Crippen LogP contribution in [0.15, 0.2) is 0 Å². The van der Waals surface area contributed by atoms with E-state index in [9.17, 15) is 18.6 Å². The first kappa shape index (κ1) is 16.7. The highest BCUT2D eigenvalue weighted by molar-refractivity contribution is 7.91. The quantitative estimate of drug-likeness (QED) is 0.808. The molecule has 1 aromatic rings. The Hall–Kier alpha value is -0.630. The molecule has 6 nitrogen and oxygen atoms in total. The lowest BCUT2D eigenvalue weighted by atomic mass is 9.72. The van der Waals surface area contributed by atoms with Crippen LogP contribution in [0.25, 0.3) is 0 Å². The lowest BCUT2D eigenvalue weighted by Gasteiger charge is -2.35. The van der Waals surface area contributed by atoms with E-state index in [0.29, 0.717) is 18.0 Å². The molecule has 1 atom stereocenters. The molecule has 8 heteroatoms. The fourth-order valence-corrected chi connectivity index (χ4v) is 5.25. The van der Waals surface area contributed by atoms with Gasteiger partial charge in [-0.15, -0.1) is 0 Å². The van der Waals surface area contributed by atoms with Crippen LogP contribution in [-0.4, -0.2) is 53.1 Å². The van der Waals surface area contributed by atoms with Gasteiger partial charge in [-0.05, 0) is 25.7 Å². The molecular formula is C13H21ClN2O4S. The summed E-state index contributed by atoms with van der Waals surface area (Å²) >= 11 is 6.22. The second-order valence-electron chi connectivity index (χ2n) is 5.93. The predicted octanol–water partition coefficient (Wildman–Crippen LogP) is 0.330. The molecule has 0 bridgehead atoms. The van der Waals surface area contributed by atoms with Crippen molar-refractivity contribution >= 4 is 21.4 Å². The van der Waals surface area contributed by atoms with E-state index in [2.05, 4.69) is 5.10 Å². The second kappa shape index (κ2) is 5.87. The highest BCUT2D eigenvalue weighted by Gasteiger charge is 2.45. The van der Waals surface area contributed by atoms with Crippen LogP contribution in [0, 0.1) is 18.3 Å². The summed E-state index contributed by atoms with van der Waals surface area (Å²) in [5.41, 5.74) is 0.599. The third-order valence-corrected chi connectivity index (χ3v) is 6.77. The average molecular weight is 337 g/mol. The number of hydrogen-bond acceptors (Lipinski definition) is 5. The molecule has 0 spiro atoms. The molecule has 2 N–H and O–H groups in total. The number of rotatable bonds is 5. The van der Waals surface area contributed by atoms with Gasteiger partial charge in [-0.2, -0.15) is 5.10 Å². The summed E-state index contributed by atoms with van der Waals surface area (Å²) in [5.74, 6) is -0.155. The lowest BCUT2D eigenvalue weighted by molar-refractivity contribution is 0.0123. The normalized spacial score (nSPS) is 21.9. The van der Waals surface area contributed by atoms with Gasteiger partial charge in [0.2, 0.25) is 0 Å². The number of nitrogens with zero attached hydrogens (tertiary/aromatic N) is 2. The van der Waals surface area contributed by atoms with E-state index < -0.39 is 15.3 Å². The van der Waals surface area contributed by atoms with Crippen LogP contribution in [0.3, 0.4) is 0 Å². The molecule has 1 aliphatic rings. The Morgan fingerprint density at radius 1 is 1.43 bits per heavy atom. The lowest BCUT2D eigenvalue weighted by Crippen LogP contribution is -2.41. The molecule has 21 heavy (non-hydrogen) atoms. The Balaban J connectivity index is 2.35. The summed E-state index contributed by atoms with van der Waals surface area (Å²) < 4.78 is 24.9. The zero-order valence-electron chi connectivity index (χ0n) is 12.2. The Kier molecular flexibility index (Phi) is 4.68. The van der Waals surface area contributed by atoms with Crippen molar-refractivity contribution in [2.75, 3.05) is 24.7 Å². The fraction of sp³-hybridized carbons (Fsp3) is 0.769. The van der Waals surface area contributed by atoms with Gasteiger partial charge < -0.3 is 10.2 Å². The maximum absolute atomic E-state index is 11.7. The van der Waals surface area contributed by atoms with Crippen molar-refractivity contribution in [3.05, 3.63) is 16.4 Å². The van der Waals surface area contributed by atoms with Gasteiger partial charge in [-0.3, -0.25) is 4.68 Å². The van der Waals surface area contributed by atoms with Gasteiger partial charge >= 0.3 is 0 Å². The van der Waals surface area contributed by atoms with Crippen molar-refractivity contribution in [3.8, 4) is 0 Å². The number of sulfone groups is 1. The van der Waals surface area contributed by atoms with Crippen LogP contribution >= 0.6 is 11.6 Å². The molecule has 0 amide bonds. The number of aryl methyl sites for hydroxylation is 2. The minimum Gasteiger partial charge on any atom is -0.396 e. The highest BCUT2D eigenvalue weighted by Crippen LogP contribution is 2.40. The van der Waals surface area contributed by atoms with Gasteiger partial charge in [0.15, 0.2) is 9.84 Å². The van der Waals surface area contributed by atoms with E-state index in [1.54, 1.807) is 7.05 Å². The van der Waals surface area contributed by atoms with Crippen molar-refractivity contribution in [1.82, 2.24) is 9.78 Å². The Morgan fingerprint density at radius 2 is 2.05 bits per heavy atom. The Bertz CT molecular complexity index is 622. The number of hydrogen-bond donors (Lipinski definition) is 2. The molecule has 0 saturated carbocycles. The van der Waals surface area contributed by atoms with Gasteiger partial charge in [-0.1, -0.05) is 11.6 Å². The maximum Gasteiger partial charge on any atom is 0.150 e. The smallest absolute Gasteiger partial charge is 0.150 e. The first-order valence-electron chi connectivity index (χ1n) is 6.85. The van der Waals surface area contributed by atoms with E-state index >= 15 is 0 Å². The minimum absolute atomic E-state index is 0.00501. The molecule has 1 unspecified atom stereocenters. The van der Waals surface area contributed by atoms with Crippen molar-refractivity contribution in [1.29, 1.82) is 0 Å². The molecule has 1 aromatic heterocycles. The molecule has 1 aliphatic heterocycles. The standard InChI is InChI=1S/C13H21ClN2O4S/c1-9-11(12(14)16(2)15-9)5-13(7-17,8-18)10-3-4-21(19,20)6-10/h10,17-18H,3-8H2,1-2H3. The zero-order valence-corrected chi connectivity index (χ0v) is 13.8. The summed E-state index contributed by atoms with van der Waals surface area (Å²) in [7, 11) is -1.36. The number of aliphatic hydroxyl groups is 2. The summed E-state index contributed by atoms with van der Waals surface area (Å²) in [6.45, 7) is 1.24. The summed E-state index contributed by atoms with van der Waals surface area (Å²) in [5, 5.41) is 24.3.